The molecule has 0 amide bonds. The molecule has 0 heterocycles. The molecule has 4 nitrogen and oxygen atoms in total. The van der Waals surface area contributed by atoms with E-state index in [-0.39, 0.29) is 5.92 Å². The highest BCUT2D eigenvalue weighted by atomic mass is 16.4. The molecule has 0 aliphatic heterocycles. The highest BCUT2D eigenvalue weighted by Gasteiger charge is 2.42. The van der Waals surface area contributed by atoms with Crippen LogP contribution in [-0.2, 0) is 9.59 Å². The minimum atomic E-state index is -0.980. The van der Waals surface area contributed by atoms with Crippen molar-refractivity contribution >= 4 is 11.9 Å². The van der Waals surface area contributed by atoms with E-state index in [0.717, 1.165) is 0 Å². The van der Waals surface area contributed by atoms with Gasteiger partial charge in [0.2, 0.25) is 0 Å². The van der Waals surface area contributed by atoms with Gasteiger partial charge in [-0.15, -0.1) is 0 Å². The van der Waals surface area contributed by atoms with E-state index in [4.69, 9.17) is 10.2 Å². The summed E-state index contributed by atoms with van der Waals surface area (Å²) in [6.07, 6.45) is 1.20. The van der Waals surface area contributed by atoms with E-state index in [1.165, 1.54) is 0 Å². The summed E-state index contributed by atoms with van der Waals surface area (Å²) in [5.74, 6) is -3.34. The number of carboxylic acids is 2. The van der Waals surface area contributed by atoms with Crippen LogP contribution in [0.1, 0.15) is 19.8 Å². The maximum atomic E-state index is 10.7. The lowest BCUT2D eigenvalue weighted by atomic mass is 9.91. The fourth-order valence-corrected chi connectivity index (χ4v) is 1.89. The van der Waals surface area contributed by atoms with Crippen molar-refractivity contribution in [2.45, 2.75) is 19.8 Å². The molecule has 4 heteroatoms. The van der Waals surface area contributed by atoms with E-state index >= 15 is 0 Å². The fourth-order valence-electron chi connectivity index (χ4n) is 1.89. The molecular formula is C8H12O4. The monoisotopic (exact) mass is 172 g/mol. The normalized spacial score (nSPS) is 34.9. The molecular weight excluding hydrogens is 160 g/mol. The number of carboxylic acid groups (broad SMARTS) is 2. The molecule has 1 fully saturated rings. The van der Waals surface area contributed by atoms with E-state index in [2.05, 4.69) is 0 Å². The molecule has 1 saturated carbocycles. The first-order chi connectivity index (χ1) is 5.54. The molecule has 0 spiro atoms. The average Bonchev–Trinajstić information content (AvgIpc) is 2.30. The van der Waals surface area contributed by atoms with Gasteiger partial charge in [0.1, 0.15) is 0 Å². The highest BCUT2D eigenvalue weighted by Crippen LogP contribution is 2.36. The van der Waals surface area contributed by atoms with Crippen LogP contribution in [-0.4, -0.2) is 22.2 Å². The van der Waals surface area contributed by atoms with Crippen LogP contribution in [0.15, 0.2) is 0 Å². The topological polar surface area (TPSA) is 74.6 Å². The minimum Gasteiger partial charge on any atom is -0.481 e. The Balaban J connectivity index is 2.77. The van der Waals surface area contributed by atoms with Gasteiger partial charge in [0.25, 0.3) is 0 Å². The maximum Gasteiger partial charge on any atom is 0.307 e. The van der Waals surface area contributed by atoms with Crippen molar-refractivity contribution in [2.75, 3.05) is 0 Å². The molecule has 0 aromatic rings. The molecule has 3 unspecified atom stereocenters. The van der Waals surface area contributed by atoms with Crippen molar-refractivity contribution in [1.29, 1.82) is 0 Å². The van der Waals surface area contributed by atoms with Crippen LogP contribution in [0.25, 0.3) is 0 Å². The first-order valence-electron chi connectivity index (χ1n) is 3.99. The van der Waals surface area contributed by atoms with Crippen LogP contribution in [0.3, 0.4) is 0 Å². The Morgan fingerprint density at radius 3 is 2.08 bits per heavy atom. The Labute approximate surface area is 70.2 Å². The van der Waals surface area contributed by atoms with E-state index in [0.29, 0.717) is 12.8 Å². The Bertz CT molecular complexity index is 211. The molecule has 1 rings (SSSR count). The van der Waals surface area contributed by atoms with Gasteiger partial charge in [0.15, 0.2) is 0 Å². The Kier molecular flexibility index (Phi) is 2.35. The lowest BCUT2D eigenvalue weighted by Gasteiger charge is -2.13. The fraction of sp³-hybridized carbons (Fsp3) is 0.750. The molecule has 1 aliphatic carbocycles. The molecule has 0 aromatic heterocycles. The number of aliphatic carboxylic acids is 2. The quantitative estimate of drug-likeness (QED) is 0.646. The largest absolute Gasteiger partial charge is 0.481 e. The molecule has 68 valence electrons. The van der Waals surface area contributed by atoms with Gasteiger partial charge in [-0.25, -0.2) is 0 Å². The Hall–Kier alpha value is -1.06. The number of carbonyl (C=O) groups is 2. The van der Waals surface area contributed by atoms with E-state index in [1.54, 1.807) is 6.92 Å². The van der Waals surface area contributed by atoms with Gasteiger partial charge in [-0.2, -0.15) is 0 Å². The van der Waals surface area contributed by atoms with Crippen LogP contribution in [0.5, 0.6) is 0 Å². The summed E-state index contributed by atoms with van der Waals surface area (Å²) in [6.45, 7) is 1.79. The van der Waals surface area contributed by atoms with Crippen molar-refractivity contribution in [3.8, 4) is 0 Å². The van der Waals surface area contributed by atoms with Crippen LogP contribution in [0.2, 0.25) is 0 Å². The molecule has 3 atom stereocenters. The zero-order valence-corrected chi connectivity index (χ0v) is 6.86. The van der Waals surface area contributed by atoms with Crippen LogP contribution in [0.4, 0.5) is 0 Å². The lowest BCUT2D eigenvalue weighted by Crippen LogP contribution is -2.28. The molecule has 0 saturated heterocycles. The smallest absolute Gasteiger partial charge is 0.307 e. The van der Waals surface area contributed by atoms with Crippen molar-refractivity contribution < 1.29 is 19.8 Å². The zero-order chi connectivity index (χ0) is 9.30. The SMILES string of the molecule is CC1CCC(C(=O)O)C1C(=O)O. The first kappa shape index (κ1) is 9.03. The Morgan fingerprint density at radius 1 is 1.17 bits per heavy atom. The van der Waals surface area contributed by atoms with Crippen LogP contribution in [0, 0.1) is 17.8 Å². The van der Waals surface area contributed by atoms with Gasteiger partial charge in [-0.3, -0.25) is 9.59 Å². The van der Waals surface area contributed by atoms with Gasteiger partial charge in [-0.05, 0) is 18.8 Å². The molecule has 0 radical (unpaired) electrons. The van der Waals surface area contributed by atoms with Crippen LogP contribution < -0.4 is 0 Å². The van der Waals surface area contributed by atoms with E-state index in [9.17, 15) is 9.59 Å². The molecule has 0 bridgehead atoms. The van der Waals surface area contributed by atoms with Crippen molar-refractivity contribution in [3.05, 3.63) is 0 Å². The van der Waals surface area contributed by atoms with E-state index < -0.39 is 23.8 Å². The summed E-state index contributed by atoms with van der Waals surface area (Å²) in [6, 6.07) is 0. The third-order valence-electron chi connectivity index (χ3n) is 2.58. The molecule has 1 aliphatic rings. The average molecular weight is 172 g/mol. The first-order valence-corrected chi connectivity index (χ1v) is 3.99. The predicted molar refractivity (Wildman–Crippen MR) is 40.6 cm³/mol. The van der Waals surface area contributed by atoms with E-state index in [1.807, 2.05) is 0 Å². The summed E-state index contributed by atoms with van der Waals surface area (Å²) in [7, 11) is 0. The molecule has 2 N–H and O–H groups in total. The van der Waals surface area contributed by atoms with Gasteiger partial charge < -0.3 is 10.2 Å². The van der Waals surface area contributed by atoms with Crippen molar-refractivity contribution in [2.24, 2.45) is 17.8 Å². The summed E-state index contributed by atoms with van der Waals surface area (Å²) in [4.78, 5) is 21.3. The van der Waals surface area contributed by atoms with Crippen molar-refractivity contribution in [3.63, 3.8) is 0 Å². The Morgan fingerprint density at radius 2 is 1.75 bits per heavy atom. The number of rotatable bonds is 2. The third kappa shape index (κ3) is 1.42. The number of hydrogen-bond acceptors (Lipinski definition) is 2. The van der Waals surface area contributed by atoms with Crippen molar-refractivity contribution in [1.82, 2.24) is 0 Å². The second kappa shape index (κ2) is 3.13. The van der Waals surface area contributed by atoms with Crippen LogP contribution >= 0.6 is 0 Å². The molecule has 12 heavy (non-hydrogen) atoms. The number of hydrogen-bond donors (Lipinski definition) is 2. The van der Waals surface area contributed by atoms with Gasteiger partial charge >= 0.3 is 11.9 Å². The second-order valence-electron chi connectivity index (χ2n) is 3.36. The third-order valence-corrected chi connectivity index (χ3v) is 2.58. The summed E-state index contributed by atoms with van der Waals surface area (Å²) in [5, 5.41) is 17.4. The second-order valence-corrected chi connectivity index (χ2v) is 3.36. The highest BCUT2D eigenvalue weighted by molar-refractivity contribution is 5.80. The van der Waals surface area contributed by atoms with Gasteiger partial charge in [-0.1, -0.05) is 6.92 Å². The minimum absolute atomic E-state index is 0.0106. The maximum absolute atomic E-state index is 10.7. The predicted octanol–water partition coefficient (Wildman–Crippen LogP) is 0.818. The summed E-state index contributed by atoms with van der Waals surface area (Å²) in [5.41, 5.74) is 0. The molecule has 0 aromatic carbocycles. The summed E-state index contributed by atoms with van der Waals surface area (Å²) >= 11 is 0. The lowest BCUT2D eigenvalue weighted by molar-refractivity contribution is -0.153. The van der Waals surface area contributed by atoms with Gasteiger partial charge in [0, 0.05) is 0 Å². The summed E-state index contributed by atoms with van der Waals surface area (Å²) < 4.78 is 0. The van der Waals surface area contributed by atoms with Gasteiger partial charge in [0.05, 0.1) is 11.8 Å². The standard InChI is InChI=1S/C8H12O4/c1-4-2-3-5(7(9)10)6(4)8(11)12/h4-6H,2-3H2,1H3,(H,9,10)(H,11,12). The zero-order valence-electron chi connectivity index (χ0n) is 6.86.